The SMILES string of the molecule is Cc1nn(-c2ccccc2)nc1C(=O)N1CCCN1C(=O)CN1C(=O)COc2ccccc21. The zero-order valence-corrected chi connectivity index (χ0v) is 18.0. The van der Waals surface area contributed by atoms with E-state index in [9.17, 15) is 14.4 Å². The average molecular weight is 446 g/mol. The molecule has 0 aliphatic carbocycles. The van der Waals surface area contributed by atoms with Crippen molar-refractivity contribution in [3.8, 4) is 11.4 Å². The summed E-state index contributed by atoms with van der Waals surface area (Å²) >= 11 is 0. The standard InChI is InChI=1S/C23H22N6O4/c1-16-22(25-29(24-16)17-8-3-2-4-9-17)23(32)28-13-7-12-27(28)20(30)14-26-18-10-5-6-11-19(18)33-15-21(26)31/h2-6,8-11H,7,12-15H2,1H3. The van der Waals surface area contributed by atoms with Gasteiger partial charge in [0, 0.05) is 13.1 Å². The lowest BCUT2D eigenvalue weighted by atomic mass is 10.2. The first kappa shape index (κ1) is 20.7. The van der Waals surface area contributed by atoms with Crippen molar-refractivity contribution in [3.05, 3.63) is 66.0 Å². The Kier molecular flexibility index (Phi) is 5.25. The molecule has 10 nitrogen and oxygen atoms in total. The molecule has 5 rings (SSSR count). The summed E-state index contributed by atoms with van der Waals surface area (Å²) in [6.45, 7) is 2.17. The molecule has 3 aromatic rings. The lowest BCUT2D eigenvalue weighted by Crippen LogP contribution is -2.51. The van der Waals surface area contributed by atoms with Gasteiger partial charge in [0.1, 0.15) is 12.3 Å². The lowest BCUT2D eigenvalue weighted by Gasteiger charge is -2.32. The van der Waals surface area contributed by atoms with Crippen LogP contribution in [0.4, 0.5) is 5.69 Å². The predicted octanol–water partition coefficient (Wildman–Crippen LogP) is 1.59. The van der Waals surface area contributed by atoms with Crippen molar-refractivity contribution in [2.45, 2.75) is 13.3 Å². The lowest BCUT2D eigenvalue weighted by molar-refractivity contribution is -0.140. The molecule has 3 heterocycles. The summed E-state index contributed by atoms with van der Waals surface area (Å²) in [6.07, 6.45) is 0.636. The average Bonchev–Trinajstić information content (AvgIpc) is 3.48. The zero-order valence-electron chi connectivity index (χ0n) is 18.0. The molecule has 10 heteroatoms. The number of rotatable bonds is 4. The first-order chi connectivity index (χ1) is 16.0. The number of amides is 3. The molecule has 0 radical (unpaired) electrons. The molecule has 2 aliphatic rings. The van der Waals surface area contributed by atoms with Gasteiger partial charge in [-0.3, -0.25) is 19.3 Å². The monoisotopic (exact) mass is 446 g/mol. The molecule has 0 atom stereocenters. The smallest absolute Gasteiger partial charge is 0.294 e. The van der Waals surface area contributed by atoms with Gasteiger partial charge >= 0.3 is 0 Å². The molecule has 1 aromatic heterocycles. The van der Waals surface area contributed by atoms with Crippen molar-refractivity contribution < 1.29 is 19.1 Å². The van der Waals surface area contributed by atoms with E-state index in [1.807, 2.05) is 30.3 Å². The Morgan fingerprint density at radius 2 is 1.70 bits per heavy atom. The van der Waals surface area contributed by atoms with Gasteiger partial charge in [0.15, 0.2) is 12.3 Å². The Bertz CT molecular complexity index is 1220. The van der Waals surface area contributed by atoms with Crippen LogP contribution in [0.2, 0.25) is 0 Å². The van der Waals surface area contributed by atoms with E-state index in [0.717, 1.165) is 5.69 Å². The molecule has 33 heavy (non-hydrogen) atoms. The molecule has 0 N–H and O–H groups in total. The number of fused-ring (bicyclic) bond motifs is 1. The Labute approximate surface area is 189 Å². The summed E-state index contributed by atoms with van der Waals surface area (Å²) in [6, 6.07) is 16.4. The molecular weight excluding hydrogens is 424 g/mol. The summed E-state index contributed by atoms with van der Waals surface area (Å²) < 4.78 is 5.44. The van der Waals surface area contributed by atoms with Gasteiger partial charge < -0.3 is 4.74 Å². The topological polar surface area (TPSA) is 101 Å². The number of carbonyl (C=O) groups excluding carboxylic acids is 3. The molecule has 0 saturated carbocycles. The van der Waals surface area contributed by atoms with Gasteiger partial charge in [-0.25, -0.2) is 10.0 Å². The second-order valence-corrected chi connectivity index (χ2v) is 7.79. The molecule has 2 aromatic carbocycles. The Morgan fingerprint density at radius 1 is 0.970 bits per heavy atom. The first-order valence-electron chi connectivity index (χ1n) is 10.7. The number of hydrogen-bond acceptors (Lipinski definition) is 6. The number of aromatic nitrogens is 3. The van der Waals surface area contributed by atoms with Crippen LogP contribution in [-0.4, -0.2) is 69.0 Å². The summed E-state index contributed by atoms with van der Waals surface area (Å²) in [5.74, 6) is -0.499. The van der Waals surface area contributed by atoms with Crippen LogP contribution < -0.4 is 9.64 Å². The van der Waals surface area contributed by atoms with E-state index in [2.05, 4.69) is 10.2 Å². The summed E-state index contributed by atoms with van der Waals surface area (Å²) in [7, 11) is 0. The fourth-order valence-corrected chi connectivity index (χ4v) is 4.00. The highest BCUT2D eigenvalue weighted by molar-refractivity contribution is 6.02. The summed E-state index contributed by atoms with van der Waals surface area (Å²) in [5, 5.41) is 11.5. The van der Waals surface area contributed by atoms with E-state index in [0.29, 0.717) is 36.6 Å². The van der Waals surface area contributed by atoms with Crippen LogP contribution in [0.5, 0.6) is 5.75 Å². The molecular formula is C23H22N6O4. The quantitative estimate of drug-likeness (QED) is 0.603. The van der Waals surface area contributed by atoms with E-state index in [-0.39, 0.29) is 30.7 Å². The molecule has 1 fully saturated rings. The molecule has 0 bridgehead atoms. The number of carbonyl (C=O) groups is 3. The molecule has 1 saturated heterocycles. The molecule has 3 amide bonds. The van der Waals surface area contributed by atoms with Gasteiger partial charge in [0.25, 0.3) is 17.7 Å². The van der Waals surface area contributed by atoms with Crippen LogP contribution in [0, 0.1) is 6.92 Å². The number of hydrazine groups is 1. The number of anilines is 1. The van der Waals surface area contributed by atoms with Crippen molar-refractivity contribution in [3.63, 3.8) is 0 Å². The minimum Gasteiger partial charge on any atom is -0.482 e. The van der Waals surface area contributed by atoms with Crippen molar-refractivity contribution in [2.24, 2.45) is 0 Å². The van der Waals surface area contributed by atoms with Gasteiger partial charge in [-0.2, -0.15) is 9.90 Å². The predicted molar refractivity (Wildman–Crippen MR) is 118 cm³/mol. The number of hydrogen-bond donors (Lipinski definition) is 0. The minimum absolute atomic E-state index is 0.130. The van der Waals surface area contributed by atoms with Crippen molar-refractivity contribution in [1.82, 2.24) is 25.0 Å². The number of nitrogens with zero attached hydrogens (tertiary/aromatic N) is 6. The summed E-state index contributed by atoms with van der Waals surface area (Å²) in [5.41, 5.74) is 1.94. The highest BCUT2D eigenvalue weighted by atomic mass is 16.5. The largest absolute Gasteiger partial charge is 0.482 e. The second kappa shape index (κ2) is 8.38. The van der Waals surface area contributed by atoms with Crippen LogP contribution in [-0.2, 0) is 9.59 Å². The molecule has 0 spiro atoms. The van der Waals surface area contributed by atoms with Crippen molar-refractivity contribution in [1.29, 1.82) is 0 Å². The Hall–Kier alpha value is -4.21. The van der Waals surface area contributed by atoms with Crippen LogP contribution in [0.3, 0.4) is 0 Å². The number of aryl methyl sites for hydroxylation is 1. The maximum Gasteiger partial charge on any atom is 0.294 e. The third kappa shape index (κ3) is 3.79. The van der Waals surface area contributed by atoms with Crippen molar-refractivity contribution in [2.75, 3.05) is 31.1 Å². The van der Waals surface area contributed by atoms with Crippen LogP contribution >= 0.6 is 0 Å². The first-order valence-corrected chi connectivity index (χ1v) is 10.7. The van der Waals surface area contributed by atoms with E-state index in [1.165, 1.54) is 19.7 Å². The van der Waals surface area contributed by atoms with E-state index in [1.54, 1.807) is 31.2 Å². The van der Waals surface area contributed by atoms with Crippen LogP contribution in [0.1, 0.15) is 22.6 Å². The third-order valence-corrected chi connectivity index (χ3v) is 5.63. The Morgan fingerprint density at radius 3 is 2.52 bits per heavy atom. The second-order valence-electron chi connectivity index (χ2n) is 7.79. The number of benzene rings is 2. The molecule has 2 aliphatic heterocycles. The fraction of sp³-hybridized carbons (Fsp3) is 0.261. The van der Waals surface area contributed by atoms with Gasteiger partial charge in [-0.1, -0.05) is 30.3 Å². The highest BCUT2D eigenvalue weighted by Crippen LogP contribution is 2.31. The highest BCUT2D eigenvalue weighted by Gasteiger charge is 2.36. The van der Waals surface area contributed by atoms with E-state index in [4.69, 9.17) is 4.74 Å². The zero-order chi connectivity index (χ0) is 22.9. The summed E-state index contributed by atoms with van der Waals surface area (Å²) in [4.78, 5) is 41.7. The van der Waals surface area contributed by atoms with Crippen molar-refractivity contribution >= 4 is 23.4 Å². The molecule has 0 unspecified atom stereocenters. The van der Waals surface area contributed by atoms with Crippen LogP contribution in [0.15, 0.2) is 54.6 Å². The normalized spacial score (nSPS) is 15.4. The van der Waals surface area contributed by atoms with Gasteiger partial charge in [-0.05, 0) is 37.6 Å². The number of ether oxygens (including phenoxy) is 1. The van der Waals surface area contributed by atoms with E-state index >= 15 is 0 Å². The third-order valence-electron chi connectivity index (χ3n) is 5.63. The van der Waals surface area contributed by atoms with Gasteiger partial charge in [-0.15, -0.1) is 5.10 Å². The maximum absolute atomic E-state index is 13.3. The van der Waals surface area contributed by atoms with Gasteiger partial charge in [0.2, 0.25) is 0 Å². The van der Waals surface area contributed by atoms with E-state index < -0.39 is 5.91 Å². The van der Waals surface area contributed by atoms with Crippen LogP contribution in [0.25, 0.3) is 5.69 Å². The maximum atomic E-state index is 13.3. The van der Waals surface area contributed by atoms with Gasteiger partial charge in [0.05, 0.1) is 17.1 Å². The number of para-hydroxylation sites is 3. The fourth-order valence-electron chi connectivity index (χ4n) is 4.00. The Balaban J connectivity index is 1.36. The molecule has 168 valence electrons. The minimum atomic E-state index is -0.394.